The van der Waals surface area contributed by atoms with Crippen LogP contribution in [0.2, 0.25) is 5.02 Å². The summed E-state index contributed by atoms with van der Waals surface area (Å²) in [6, 6.07) is 7.08. The Bertz CT molecular complexity index is 554. The van der Waals surface area contributed by atoms with E-state index in [0.29, 0.717) is 17.1 Å². The molecule has 2 aromatic rings. The van der Waals surface area contributed by atoms with Crippen LogP contribution in [0, 0.1) is 0 Å². The summed E-state index contributed by atoms with van der Waals surface area (Å²) in [6.07, 6.45) is 0.844. The maximum absolute atomic E-state index is 11.6. The van der Waals surface area contributed by atoms with Gasteiger partial charge < -0.3 is 9.73 Å². The average Bonchev–Trinajstić information content (AvgIpc) is 2.86. The molecule has 0 unspecified atom stereocenters. The number of nitrogens with zero attached hydrogens (tertiary/aromatic N) is 2. The van der Waals surface area contributed by atoms with Crippen molar-refractivity contribution >= 4 is 17.5 Å². The maximum Gasteiger partial charge on any atom is 0.308 e. The van der Waals surface area contributed by atoms with Crippen molar-refractivity contribution in [3.8, 4) is 11.5 Å². The zero-order valence-corrected chi connectivity index (χ0v) is 10.6. The van der Waals surface area contributed by atoms with E-state index in [9.17, 15) is 4.79 Å². The van der Waals surface area contributed by atoms with Crippen LogP contribution in [-0.2, 0) is 0 Å². The molecule has 1 N–H and O–H groups in total. The second-order valence-corrected chi connectivity index (χ2v) is 4.06. The second-order valence-electron chi connectivity index (χ2n) is 3.65. The molecule has 5 nitrogen and oxygen atoms in total. The van der Waals surface area contributed by atoms with E-state index in [1.54, 1.807) is 18.2 Å². The quantitative estimate of drug-likeness (QED) is 0.922. The van der Waals surface area contributed by atoms with Crippen LogP contribution >= 0.6 is 11.6 Å². The Morgan fingerprint density at radius 3 is 2.89 bits per heavy atom. The number of halogens is 1. The van der Waals surface area contributed by atoms with E-state index in [2.05, 4.69) is 15.5 Å². The molecule has 1 aromatic carbocycles. The van der Waals surface area contributed by atoms with Gasteiger partial charge in [-0.05, 0) is 18.6 Å². The molecular weight excluding hydrogens is 254 g/mol. The monoisotopic (exact) mass is 265 g/mol. The topological polar surface area (TPSA) is 68.0 Å². The van der Waals surface area contributed by atoms with Gasteiger partial charge in [-0.1, -0.05) is 30.7 Å². The minimum atomic E-state index is -0.373. The molecule has 0 aliphatic rings. The number of hydrogen-bond acceptors (Lipinski definition) is 4. The lowest BCUT2D eigenvalue weighted by molar-refractivity contribution is 0.0919. The van der Waals surface area contributed by atoms with Gasteiger partial charge in [0.05, 0.1) is 10.6 Å². The van der Waals surface area contributed by atoms with Crippen LogP contribution in [0.1, 0.15) is 24.0 Å². The van der Waals surface area contributed by atoms with Crippen LogP contribution in [0.5, 0.6) is 0 Å². The summed E-state index contributed by atoms with van der Waals surface area (Å²) < 4.78 is 5.29. The fourth-order valence-electron chi connectivity index (χ4n) is 1.37. The highest BCUT2D eigenvalue weighted by molar-refractivity contribution is 6.33. The predicted molar refractivity (Wildman–Crippen MR) is 67.4 cm³/mol. The van der Waals surface area contributed by atoms with Gasteiger partial charge in [0, 0.05) is 6.54 Å². The molecule has 0 saturated carbocycles. The molecule has 0 radical (unpaired) electrons. The molecule has 1 amide bonds. The van der Waals surface area contributed by atoms with Crippen molar-refractivity contribution in [3.63, 3.8) is 0 Å². The summed E-state index contributed by atoms with van der Waals surface area (Å²) in [7, 11) is 0. The predicted octanol–water partition coefficient (Wildman–Crippen LogP) is 2.53. The molecular formula is C12H12ClN3O2. The Kier molecular flexibility index (Phi) is 3.94. The normalized spacial score (nSPS) is 10.3. The van der Waals surface area contributed by atoms with Crippen molar-refractivity contribution < 1.29 is 9.21 Å². The molecule has 2 rings (SSSR count). The average molecular weight is 266 g/mol. The fourth-order valence-corrected chi connectivity index (χ4v) is 1.59. The maximum atomic E-state index is 11.6. The highest BCUT2D eigenvalue weighted by atomic mass is 35.5. The number of rotatable bonds is 4. The Hall–Kier alpha value is -1.88. The standard InChI is InChI=1S/C12H12ClN3O2/c1-2-7-14-10(17)12-16-15-11(18-12)8-5-3-4-6-9(8)13/h3-6H,2,7H2,1H3,(H,14,17). The SMILES string of the molecule is CCCNC(=O)c1nnc(-c2ccccc2Cl)o1. The number of nitrogens with one attached hydrogen (secondary N) is 1. The lowest BCUT2D eigenvalue weighted by atomic mass is 10.2. The van der Waals surface area contributed by atoms with E-state index in [1.807, 2.05) is 13.0 Å². The highest BCUT2D eigenvalue weighted by Crippen LogP contribution is 2.25. The summed E-state index contributed by atoms with van der Waals surface area (Å²) in [5.41, 5.74) is 0.612. The Morgan fingerprint density at radius 1 is 1.39 bits per heavy atom. The number of benzene rings is 1. The molecule has 94 valence electrons. The van der Waals surface area contributed by atoms with Crippen LogP contribution in [0.15, 0.2) is 28.7 Å². The minimum Gasteiger partial charge on any atom is -0.412 e. The molecule has 0 fully saturated rings. The summed E-state index contributed by atoms with van der Waals surface area (Å²) >= 11 is 6.00. The van der Waals surface area contributed by atoms with Gasteiger partial charge >= 0.3 is 11.8 Å². The first-order chi connectivity index (χ1) is 8.72. The Labute approximate surface area is 109 Å². The number of amides is 1. The van der Waals surface area contributed by atoms with Gasteiger partial charge in [0.15, 0.2) is 0 Å². The van der Waals surface area contributed by atoms with Gasteiger partial charge in [-0.15, -0.1) is 10.2 Å². The lowest BCUT2D eigenvalue weighted by Gasteiger charge is -1.98. The van der Waals surface area contributed by atoms with E-state index in [-0.39, 0.29) is 17.7 Å². The third-order valence-electron chi connectivity index (χ3n) is 2.26. The Balaban J connectivity index is 2.21. The minimum absolute atomic E-state index is 0.0571. The van der Waals surface area contributed by atoms with Crippen LogP contribution in [0.25, 0.3) is 11.5 Å². The van der Waals surface area contributed by atoms with Crippen LogP contribution < -0.4 is 5.32 Å². The zero-order valence-electron chi connectivity index (χ0n) is 9.81. The van der Waals surface area contributed by atoms with E-state index < -0.39 is 0 Å². The van der Waals surface area contributed by atoms with Gasteiger partial charge in [0.1, 0.15) is 0 Å². The van der Waals surface area contributed by atoms with Crippen molar-refractivity contribution in [1.82, 2.24) is 15.5 Å². The molecule has 0 bridgehead atoms. The van der Waals surface area contributed by atoms with Gasteiger partial charge in [-0.3, -0.25) is 4.79 Å². The van der Waals surface area contributed by atoms with Crippen molar-refractivity contribution in [2.45, 2.75) is 13.3 Å². The van der Waals surface area contributed by atoms with E-state index >= 15 is 0 Å². The van der Waals surface area contributed by atoms with Crippen LogP contribution in [0.3, 0.4) is 0 Å². The van der Waals surface area contributed by atoms with Crippen LogP contribution in [-0.4, -0.2) is 22.6 Å². The summed E-state index contributed by atoms with van der Waals surface area (Å²) in [5.74, 6) is -0.191. The van der Waals surface area contributed by atoms with Gasteiger partial charge in [0.2, 0.25) is 5.89 Å². The highest BCUT2D eigenvalue weighted by Gasteiger charge is 2.16. The molecule has 0 aliphatic heterocycles. The molecule has 0 aliphatic carbocycles. The number of carbonyl (C=O) groups is 1. The van der Waals surface area contributed by atoms with Gasteiger partial charge in [-0.2, -0.15) is 0 Å². The third-order valence-corrected chi connectivity index (χ3v) is 2.59. The first-order valence-electron chi connectivity index (χ1n) is 5.59. The second kappa shape index (κ2) is 5.64. The van der Waals surface area contributed by atoms with E-state index in [1.165, 1.54) is 0 Å². The molecule has 6 heteroatoms. The molecule has 0 saturated heterocycles. The van der Waals surface area contributed by atoms with Crippen LogP contribution in [0.4, 0.5) is 0 Å². The molecule has 1 heterocycles. The summed E-state index contributed by atoms with van der Waals surface area (Å²) in [6.45, 7) is 2.53. The smallest absolute Gasteiger partial charge is 0.308 e. The van der Waals surface area contributed by atoms with E-state index in [0.717, 1.165) is 6.42 Å². The van der Waals surface area contributed by atoms with Crippen molar-refractivity contribution in [2.24, 2.45) is 0 Å². The van der Waals surface area contributed by atoms with Gasteiger partial charge in [0.25, 0.3) is 0 Å². The fraction of sp³-hybridized carbons (Fsp3) is 0.250. The lowest BCUT2D eigenvalue weighted by Crippen LogP contribution is -2.24. The largest absolute Gasteiger partial charge is 0.412 e. The van der Waals surface area contributed by atoms with Gasteiger partial charge in [-0.25, -0.2) is 0 Å². The molecule has 0 spiro atoms. The van der Waals surface area contributed by atoms with Crippen molar-refractivity contribution in [1.29, 1.82) is 0 Å². The zero-order chi connectivity index (χ0) is 13.0. The Morgan fingerprint density at radius 2 is 2.17 bits per heavy atom. The number of hydrogen-bond donors (Lipinski definition) is 1. The van der Waals surface area contributed by atoms with E-state index in [4.69, 9.17) is 16.0 Å². The first kappa shape index (κ1) is 12.6. The summed E-state index contributed by atoms with van der Waals surface area (Å²) in [4.78, 5) is 11.6. The number of carbonyl (C=O) groups excluding carboxylic acids is 1. The molecule has 18 heavy (non-hydrogen) atoms. The first-order valence-corrected chi connectivity index (χ1v) is 5.96. The van der Waals surface area contributed by atoms with Crippen molar-refractivity contribution in [2.75, 3.05) is 6.54 Å². The molecule has 1 aromatic heterocycles. The summed E-state index contributed by atoms with van der Waals surface area (Å²) in [5, 5.41) is 10.7. The third kappa shape index (κ3) is 2.68. The molecule has 0 atom stereocenters. The van der Waals surface area contributed by atoms with Crippen molar-refractivity contribution in [3.05, 3.63) is 35.2 Å². The number of aromatic nitrogens is 2.